The number of esters is 2. The SMILES string of the molecule is CCOC(=O)c1sc(NC(=O)/C=C/c2cnn(C)c2C)c(C(=O)OC)c1C. The normalized spacial score (nSPS) is 10.9. The van der Waals surface area contributed by atoms with E-state index in [0.29, 0.717) is 5.56 Å². The summed E-state index contributed by atoms with van der Waals surface area (Å²) in [7, 11) is 3.04. The van der Waals surface area contributed by atoms with E-state index in [1.807, 2.05) is 6.92 Å². The summed E-state index contributed by atoms with van der Waals surface area (Å²) in [6, 6.07) is 0. The van der Waals surface area contributed by atoms with Crippen molar-refractivity contribution < 1.29 is 23.9 Å². The highest BCUT2D eigenvalue weighted by Gasteiger charge is 2.26. The number of anilines is 1. The quantitative estimate of drug-likeness (QED) is 0.600. The van der Waals surface area contributed by atoms with E-state index in [1.54, 1.807) is 37.8 Å². The molecule has 9 heteroatoms. The molecule has 144 valence electrons. The molecule has 1 amide bonds. The summed E-state index contributed by atoms with van der Waals surface area (Å²) < 4.78 is 11.5. The van der Waals surface area contributed by atoms with Crippen LogP contribution in [0.2, 0.25) is 0 Å². The van der Waals surface area contributed by atoms with Crippen molar-refractivity contribution in [1.82, 2.24) is 9.78 Å². The van der Waals surface area contributed by atoms with Crippen molar-refractivity contribution in [3.63, 3.8) is 0 Å². The number of rotatable bonds is 6. The Balaban J connectivity index is 2.29. The first-order chi connectivity index (χ1) is 12.8. The number of hydrogen-bond acceptors (Lipinski definition) is 7. The van der Waals surface area contributed by atoms with Gasteiger partial charge in [-0.25, -0.2) is 9.59 Å². The third kappa shape index (κ3) is 4.43. The number of hydrogen-bond donors (Lipinski definition) is 1. The lowest BCUT2D eigenvalue weighted by atomic mass is 10.1. The van der Waals surface area contributed by atoms with E-state index in [4.69, 9.17) is 9.47 Å². The molecule has 27 heavy (non-hydrogen) atoms. The van der Waals surface area contributed by atoms with Crippen LogP contribution in [0, 0.1) is 13.8 Å². The van der Waals surface area contributed by atoms with Gasteiger partial charge in [0.1, 0.15) is 9.88 Å². The maximum absolute atomic E-state index is 12.3. The van der Waals surface area contributed by atoms with Crippen molar-refractivity contribution in [3.8, 4) is 0 Å². The van der Waals surface area contributed by atoms with Gasteiger partial charge >= 0.3 is 11.9 Å². The predicted molar refractivity (Wildman–Crippen MR) is 102 cm³/mol. The van der Waals surface area contributed by atoms with Crippen LogP contribution >= 0.6 is 11.3 Å². The lowest BCUT2D eigenvalue weighted by molar-refractivity contribution is -0.111. The molecule has 0 unspecified atom stereocenters. The Bertz CT molecular complexity index is 910. The van der Waals surface area contributed by atoms with Crippen molar-refractivity contribution in [3.05, 3.63) is 39.5 Å². The second-order valence-corrected chi connectivity index (χ2v) is 6.62. The van der Waals surface area contributed by atoms with Gasteiger partial charge in [-0.1, -0.05) is 0 Å². The fraction of sp³-hybridized carbons (Fsp3) is 0.333. The minimum absolute atomic E-state index is 0.143. The molecule has 2 rings (SSSR count). The molecule has 0 bridgehead atoms. The average Bonchev–Trinajstić information content (AvgIpc) is 3.12. The number of carbonyl (C=O) groups is 3. The Morgan fingerprint density at radius 3 is 2.56 bits per heavy atom. The lowest BCUT2D eigenvalue weighted by Gasteiger charge is -2.04. The number of nitrogens with one attached hydrogen (secondary N) is 1. The van der Waals surface area contributed by atoms with Gasteiger partial charge < -0.3 is 14.8 Å². The molecule has 0 atom stereocenters. The van der Waals surface area contributed by atoms with E-state index in [1.165, 1.54) is 13.2 Å². The number of nitrogens with zero attached hydrogens (tertiary/aromatic N) is 2. The zero-order valence-corrected chi connectivity index (χ0v) is 16.6. The van der Waals surface area contributed by atoms with Crippen molar-refractivity contribution in [1.29, 1.82) is 0 Å². The summed E-state index contributed by atoms with van der Waals surface area (Å²) in [4.78, 5) is 36.7. The standard InChI is InChI=1S/C18H21N3O5S/c1-6-26-18(24)15-10(2)14(17(23)25-5)16(27-15)20-13(22)8-7-12-9-19-21(4)11(12)3/h7-9H,6H2,1-5H3,(H,20,22)/b8-7+. The van der Waals surface area contributed by atoms with Gasteiger partial charge in [-0.15, -0.1) is 11.3 Å². The number of carbonyl (C=O) groups excluding carboxylic acids is 3. The monoisotopic (exact) mass is 391 g/mol. The molecule has 0 spiro atoms. The van der Waals surface area contributed by atoms with Crippen LogP contribution in [0.5, 0.6) is 0 Å². The summed E-state index contributed by atoms with van der Waals surface area (Å²) in [5.74, 6) is -1.63. The van der Waals surface area contributed by atoms with E-state index in [0.717, 1.165) is 22.6 Å². The van der Waals surface area contributed by atoms with E-state index in [9.17, 15) is 14.4 Å². The fourth-order valence-electron chi connectivity index (χ4n) is 2.34. The fourth-order valence-corrected chi connectivity index (χ4v) is 3.43. The van der Waals surface area contributed by atoms with Crippen molar-refractivity contribution >= 4 is 40.3 Å². The molecule has 0 saturated carbocycles. The predicted octanol–water partition coefficient (Wildman–Crippen LogP) is 2.71. The molecule has 8 nitrogen and oxygen atoms in total. The minimum Gasteiger partial charge on any atom is -0.465 e. The Hall–Kier alpha value is -2.94. The van der Waals surface area contributed by atoms with Crippen LogP contribution in [0.25, 0.3) is 6.08 Å². The van der Waals surface area contributed by atoms with E-state index < -0.39 is 17.8 Å². The number of aromatic nitrogens is 2. The molecular formula is C18H21N3O5S. The van der Waals surface area contributed by atoms with Gasteiger partial charge in [0.25, 0.3) is 0 Å². The maximum Gasteiger partial charge on any atom is 0.348 e. The molecule has 0 aromatic carbocycles. The third-order valence-corrected chi connectivity index (χ3v) is 5.11. The largest absolute Gasteiger partial charge is 0.465 e. The van der Waals surface area contributed by atoms with Crippen LogP contribution in [0.3, 0.4) is 0 Å². The molecule has 1 N–H and O–H groups in total. The minimum atomic E-state index is -0.637. The Morgan fingerprint density at radius 1 is 1.30 bits per heavy atom. The van der Waals surface area contributed by atoms with Crippen LogP contribution in [-0.2, 0) is 21.3 Å². The van der Waals surface area contributed by atoms with Crippen molar-refractivity contribution in [2.45, 2.75) is 20.8 Å². The highest BCUT2D eigenvalue weighted by molar-refractivity contribution is 7.18. The molecule has 0 aliphatic carbocycles. The summed E-state index contributed by atoms with van der Waals surface area (Å²) in [6.07, 6.45) is 4.61. The molecule has 0 aliphatic heterocycles. The van der Waals surface area contributed by atoms with Crippen LogP contribution in [0.4, 0.5) is 5.00 Å². The maximum atomic E-state index is 12.3. The van der Waals surface area contributed by atoms with E-state index in [-0.39, 0.29) is 22.0 Å². The molecule has 0 fully saturated rings. The molecule has 2 aromatic rings. The third-order valence-electron chi connectivity index (χ3n) is 3.92. The van der Waals surface area contributed by atoms with Crippen molar-refractivity contribution in [2.24, 2.45) is 7.05 Å². The zero-order chi connectivity index (χ0) is 20.1. The molecular weight excluding hydrogens is 370 g/mol. The second-order valence-electron chi connectivity index (χ2n) is 5.60. The highest BCUT2D eigenvalue weighted by atomic mass is 32.1. The lowest BCUT2D eigenvalue weighted by Crippen LogP contribution is -2.11. The molecule has 2 heterocycles. The van der Waals surface area contributed by atoms with Crippen LogP contribution in [0.1, 0.15) is 43.8 Å². The number of aryl methyl sites for hydroxylation is 1. The van der Waals surface area contributed by atoms with Crippen molar-refractivity contribution in [2.75, 3.05) is 19.0 Å². The van der Waals surface area contributed by atoms with Gasteiger partial charge in [0, 0.05) is 24.4 Å². The number of ether oxygens (including phenoxy) is 2. The molecule has 0 radical (unpaired) electrons. The molecule has 0 saturated heterocycles. The van der Waals surface area contributed by atoms with Gasteiger partial charge in [0.2, 0.25) is 5.91 Å². The van der Waals surface area contributed by atoms with Crippen LogP contribution < -0.4 is 5.32 Å². The summed E-state index contributed by atoms with van der Waals surface area (Å²) in [5.41, 5.74) is 2.26. The first-order valence-corrected chi connectivity index (χ1v) is 8.98. The summed E-state index contributed by atoms with van der Waals surface area (Å²) >= 11 is 0.977. The van der Waals surface area contributed by atoms with Gasteiger partial charge in [0.15, 0.2) is 0 Å². The summed E-state index contributed by atoms with van der Waals surface area (Å²) in [5, 5.41) is 6.97. The Kier molecular flexibility index (Phi) is 6.51. The number of thiophene rings is 1. The topological polar surface area (TPSA) is 99.5 Å². The average molecular weight is 391 g/mol. The van der Waals surface area contributed by atoms with Gasteiger partial charge in [-0.3, -0.25) is 9.48 Å². The van der Waals surface area contributed by atoms with Crippen LogP contribution in [0.15, 0.2) is 12.3 Å². The van der Waals surface area contributed by atoms with Gasteiger partial charge in [0.05, 0.1) is 25.5 Å². The number of methoxy groups -OCH3 is 1. The number of amides is 1. The van der Waals surface area contributed by atoms with Crippen LogP contribution in [-0.4, -0.2) is 41.3 Å². The van der Waals surface area contributed by atoms with E-state index >= 15 is 0 Å². The first-order valence-electron chi connectivity index (χ1n) is 8.16. The Labute approximate surface area is 160 Å². The molecule has 0 aliphatic rings. The first kappa shape index (κ1) is 20.4. The highest BCUT2D eigenvalue weighted by Crippen LogP contribution is 2.34. The van der Waals surface area contributed by atoms with Gasteiger partial charge in [-0.05, 0) is 32.4 Å². The second kappa shape index (κ2) is 8.63. The Morgan fingerprint density at radius 2 is 2.00 bits per heavy atom. The van der Waals surface area contributed by atoms with Gasteiger partial charge in [-0.2, -0.15) is 5.10 Å². The zero-order valence-electron chi connectivity index (χ0n) is 15.8. The van der Waals surface area contributed by atoms with E-state index in [2.05, 4.69) is 10.4 Å². The smallest absolute Gasteiger partial charge is 0.348 e. The molecule has 2 aromatic heterocycles. The summed E-state index contributed by atoms with van der Waals surface area (Å²) in [6.45, 7) is 5.39.